The topological polar surface area (TPSA) is 116 Å². The van der Waals surface area contributed by atoms with E-state index in [1.165, 1.54) is 0 Å². The fraction of sp³-hybridized carbons (Fsp3) is 0.500. The summed E-state index contributed by atoms with van der Waals surface area (Å²) in [5.41, 5.74) is -0.252. The molecule has 2 aliphatic heterocycles. The Labute approximate surface area is 225 Å². The van der Waals surface area contributed by atoms with Gasteiger partial charge in [0.1, 0.15) is 12.1 Å². The molecule has 9 nitrogen and oxygen atoms in total. The summed E-state index contributed by atoms with van der Waals surface area (Å²) in [5, 5.41) is 5.07. The lowest BCUT2D eigenvalue weighted by Crippen LogP contribution is -2.54. The molecule has 0 unspecified atom stereocenters. The molecule has 2 saturated heterocycles. The Balaban J connectivity index is 1.30. The molecular weight excluding hydrogens is 512 g/mol. The minimum atomic E-state index is -0.970. The van der Waals surface area contributed by atoms with Gasteiger partial charge in [0, 0.05) is 18.0 Å². The number of thioether (sulfide) groups is 2. The number of benzene rings is 1. The quantitative estimate of drug-likeness (QED) is 0.306. The van der Waals surface area contributed by atoms with E-state index < -0.39 is 35.2 Å². The van der Waals surface area contributed by atoms with Crippen molar-refractivity contribution in [2.45, 2.75) is 50.5 Å². The molecule has 4 rings (SSSR count). The molecule has 1 spiro atoms. The molecule has 0 aromatic heterocycles. The van der Waals surface area contributed by atoms with Crippen molar-refractivity contribution in [1.82, 2.24) is 20.4 Å². The summed E-state index contributed by atoms with van der Waals surface area (Å²) in [6, 6.07) is 7.09. The normalized spacial score (nSPS) is 26.4. The Morgan fingerprint density at radius 1 is 1.16 bits per heavy atom. The maximum atomic E-state index is 13.2. The predicted molar refractivity (Wildman–Crippen MR) is 144 cm³/mol. The van der Waals surface area contributed by atoms with Crippen LogP contribution in [-0.2, 0) is 14.4 Å². The third-order valence-electron chi connectivity index (χ3n) is 6.87. The second kappa shape index (κ2) is 10.5. The summed E-state index contributed by atoms with van der Waals surface area (Å²) in [6.07, 6.45) is 5.69. The van der Waals surface area contributed by atoms with Gasteiger partial charge < -0.3 is 10.6 Å². The Kier molecular flexibility index (Phi) is 7.75. The van der Waals surface area contributed by atoms with Gasteiger partial charge in [-0.1, -0.05) is 32.9 Å². The van der Waals surface area contributed by atoms with Crippen molar-refractivity contribution in [3.05, 3.63) is 34.7 Å². The number of nitrogens with zero attached hydrogens (tertiary/aromatic N) is 2. The van der Waals surface area contributed by atoms with Gasteiger partial charge in [-0.3, -0.25) is 29.0 Å². The number of carbonyl (C=O) groups excluding carboxylic acids is 5. The van der Waals surface area contributed by atoms with Crippen molar-refractivity contribution < 1.29 is 24.0 Å². The standard InChI is InChI=1S/C26H32N4O5S2/c1-16-12-25(2,3)15-26(13-16)22(33)30(23(34)28-26)14-20(31)27-9-10-29-21(32)19(37-24(29)35)11-17-5-7-18(36-4)8-6-17/h5-8,11,16H,9-10,12-15H2,1-4H3,(H,27,31)(H,28,34)/b19-11+/t16-,26-/m1/s1. The van der Waals surface area contributed by atoms with Crippen LogP contribution in [0.25, 0.3) is 6.08 Å². The van der Waals surface area contributed by atoms with Crippen LogP contribution in [0, 0.1) is 11.3 Å². The van der Waals surface area contributed by atoms with E-state index >= 15 is 0 Å². The number of hydrogen-bond acceptors (Lipinski definition) is 7. The van der Waals surface area contributed by atoms with Gasteiger partial charge in [-0.15, -0.1) is 11.8 Å². The molecule has 0 radical (unpaired) electrons. The van der Waals surface area contributed by atoms with E-state index in [-0.39, 0.29) is 30.3 Å². The first kappa shape index (κ1) is 27.3. The lowest BCUT2D eigenvalue weighted by atomic mass is 9.64. The zero-order valence-electron chi connectivity index (χ0n) is 21.5. The first-order valence-corrected chi connectivity index (χ1v) is 14.3. The van der Waals surface area contributed by atoms with E-state index in [9.17, 15) is 24.0 Å². The van der Waals surface area contributed by atoms with E-state index in [0.29, 0.717) is 17.7 Å². The molecular formula is C26H32N4O5S2. The van der Waals surface area contributed by atoms with Gasteiger partial charge in [0.2, 0.25) is 5.91 Å². The van der Waals surface area contributed by atoms with Crippen molar-refractivity contribution in [2.24, 2.45) is 11.3 Å². The van der Waals surface area contributed by atoms with Gasteiger partial charge in [-0.05, 0) is 72.4 Å². The second-order valence-electron chi connectivity index (χ2n) is 10.7. The number of imide groups is 2. The fourth-order valence-electron chi connectivity index (χ4n) is 5.70. The average Bonchev–Trinajstić information content (AvgIpc) is 3.19. The Bertz CT molecular complexity index is 1170. The zero-order valence-corrected chi connectivity index (χ0v) is 23.1. The van der Waals surface area contributed by atoms with E-state index in [1.807, 2.05) is 30.5 Å². The highest BCUT2D eigenvalue weighted by atomic mass is 32.2. The maximum Gasteiger partial charge on any atom is 0.325 e. The SMILES string of the molecule is CSc1ccc(/C=C2/SC(=O)N(CCNC(=O)CN3C(=O)N[C@@]4(C[C@H](C)CC(C)(C)C4)C3=O)C2=O)cc1. The summed E-state index contributed by atoms with van der Waals surface area (Å²) < 4.78 is 0. The summed E-state index contributed by atoms with van der Waals surface area (Å²) in [7, 11) is 0. The highest BCUT2D eigenvalue weighted by Gasteiger charge is 2.56. The number of nitrogens with one attached hydrogen (secondary N) is 2. The van der Waals surface area contributed by atoms with Gasteiger partial charge >= 0.3 is 6.03 Å². The molecule has 2 atom stereocenters. The molecule has 3 aliphatic rings. The third kappa shape index (κ3) is 5.87. The van der Waals surface area contributed by atoms with Crippen LogP contribution in [-0.4, -0.2) is 70.2 Å². The van der Waals surface area contributed by atoms with Crippen LogP contribution in [0.3, 0.4) is 0 Å². The van der Waals surface area contributed by atoms with E-state index in [2.05, 4.69) is 31.4 Å². The molecule has 1 aromatic carbocycles. The van der Waals surface area contributed by atoms with Gasteiger partial charge in [0.25, 0.3) is 17.1 Å². The molecule has 2 heterocycles. The molecule has 198 valence electrons. The smallest absolute Gasteiger partial charge is 0.325 e. The van der Waals surface area contributed by atoms with Crippen molar-refractivity contribution in [2.75, 3.05) is 25.9 Å². The molecule has 2 N–H and O–H groups in total. The van der Waals surface area contributed by atoms with Gasteiger partial charge in [0.05, 0.1) is 4.91 Å². The molecule has 6 amide bonds. The highest BCUT2D eigenvalue weighted by Crippen LogP contribution is 2.46. The number of urea groups is 1. The minimum Gasteiger partial charge on any atom is -0.353 e. The second-order valence-corrected chi connectivity index (χ2v) is 12.6. The van der Waals surface area contributed by atoms with Crippen molar-refractivity contribution >= 4 is 58.6 Å². The number of amides is 6. The number of hydrogen-bond donors (Lipinski definition) is 2. The molecule has 37 heavy (non-hydrogen) atoms. The predicted octanol–water partition coefficient (Wildman–Crippen LogP) is 3.70. The Hall–Kier alpha value is -2.79. The Morgan fingerprint density at radius 2 is 1.86 bits per heavy atom. The maximum absolute atomic E-state index is 13.2. The number of rotatable bonds is 7. The molecule has 11 heteroatoms. The van der Waals surface area contributed by atoms with Crippen LogP contribution in [0.5, 0.6) is 0 Å². The highest BCUT2D eigenvalue weighted by molar-refractivity contribution is 8.18. The van der Waals surface area contributed by atoms with E-state index in [1.54, 1.807) is 17.8 Å². The zero-order chi connectivity index (χ0) is 27.0. The van der Waals surface area contributed by atoms with E-state index in [4.69, 9.17) is 0 Å². The first-order valence-electron chi connectivity index (χ1n) is 12.2. The minimum absolute atomic E-state index is 0.00502. The fourth-order valence-corrected chi connectivity index (χ4v) is 6.97. The van der Waals surface area contributed by atoms with Crippen molar-refractivity contribution in [3.63, 3.8) is 0 Å². The molecule has 3 fully saturated rings. The van der Waals surface area contributed by atoms with Crippen LogP contribution >= 0.6 is 23.5 Å². The molecule has 1 aromatic rings. The first-order chi connectivity index (χ1) is 17.4. The van der Waals surface area contributed by atoms with Crippen LogP contribution in [0.15, 0.2) is 34.1 Å². The average molecular weight is 545 g/mol. The Morgan fingerprint density at radius 3 is 2.51 bits per heavy atom. The van der Waals surface area contributed by atoms with Gasteiger partial charge in [-0.2, -0.15) is 0 Å². The summed E-state index contributed by atoms with van der Waals surface area (Å²) in [4.78, 5) is 67.0. The van der Waals surface area contributed by atoms with Crippen LogP contribution in [0.4, 0.5) is 9.59 Å². The summed E-state index contributed by atoms with van der Waals surface area (Å²) in [5.74, 6) is -1.04. The summed E-state index contributed by atoms with van der Waals surface area (Å²) >= 11 is 2.47. The van der Waals surface area contributed by atoms with Crippen LogP contribution < -0.4 is 10.6 Å². The molecule has 0 bridgehead atoms. The third-order valence-corrected chi connectivity index (χ3v) is 8.52. The summed E-state index contributed by atoms with van der Waals surface area (Å²) in [6.45, 7) is 5.84. The molecule has 1 saturated carbocycles. The van der Waals surface area contributed by atoms with Gasteiger partial charge in [-0.25, -0.2) is 4.79 Å². The lowest BCUT2D eigenvalue weighted by Gasteiger charge is -2.43. The van der Waals surface area contributed by atoms with E-state index in [0.717, 1.165) is 38.4 Å². The van der Waals surface area contributed by atoms with Crippen LogP contribution in [0.1, 0.15) is 45.6 Å². The van der Waals surface area contributed by atoms with Gasteiger partial charge in [0.15, 0.2) is 0 Å². The van der Waals surface area contributed by atoms with Crippen molar-refractivity contribution in [3.8, 4) is 0 Å². The van der Waals surface area contributed by atoms with Crippen LogP contribution in [0.2, 0.25) is 0 Å². The lowest BCUT2D eigenvalue weighted by molar-refractivity contribution is -0.137. The monoisotopic (exact) mass is 544 g/mol. The number of carbonyl (C=O) groups is 5. The largest absolute Gasteiger partial charge is 0.353 e. The van der Waals surface area contributed by atoms with Crippen molar-refractivity contribution in [1.29, 1.82) is 0 Å². The molecule has 1 aliphatic carbocycles.